The summed E-state index contributed by atoms with van der Waals surface area (Å²) in [5.41, 5.74) is 1.08. The van der Waals surface area contributed by atoms with Gasteiger partial charge in [0, 0.05) is 18.0 Å². The zero-order valence-electron chi connectivity index (χ0n) is 12.8. The van der Waals surface area contributed by atoms with Crippen molar-refractivity contribution in [3.63, 3.8) is 0 Å². The smallest absolute Gasteiger partial charge is 0.220 e. The minimum Gasteiger partial charge on any atom is -0.466 e. The summed E-state index contributed by atoms with van der Waals surface area (Å²) in [6, 6.07) is 2.53. The van der Waals surface area contributed by atoms with Crippen LogP contribution < -0.4 is 10.6 Å². The Morgan fingerprint density at radius 1 is 1.50 bits per heavy atom. The second-order valence-electron chi connectivity index (χ2n) is 5.84. The van der Waals surface area contributed by atoms with Gasteiger partial charge >= 0.3 is 0 Å². The molecule has 4 nitrogen and oxygen atoms in total. The summed E-state index contributed by atoms with van der Waals surface area (Å²) in [6.07, 6.45) is 5.27. The van der Waals surface area contributed by atoms with E-state index in [0.29, 0.717) is 12.5 Å². The van der Waals surface area contributed by atoms with E-state index in [0.717, 1.165) is 30.0 Å². The number of amides is 1. The Balaban J connectivity index is 1.77. The summed E-state index contributed by atoms with van der Waals surface area (Å²) in [5.74, 6) is 1.91. The normalized spacial score (nSPS) is 20.6. The lowest BCUT2D eigenvalue weighted by Gasteiger charge is -2.23. The molecule has 2 heterocycles. The van der Waals surface area contributed by atoms with E-state index in [4.69, 9.17) is 4.42 Å². The Bertz CT molecular complexity index is 447. The number of nitrogens with one attached hydrogen (secondary N) is 2. The average molecular weight is 278 g/mol. The molecular formula is C16H26N2O2. The molecule has 1 fully saturated rings. The van der Waals surface area contributed by atoms with Crippen molar-refractivity contribution in [2.75, 3.05) is 6.54 Å². The first kappa shape index (κ1) is 15.1. The summed E-state index contributed by atoms with van der Waals surface area (Å²) in [6.45, 7) is 6.97. The maximum absolute atomic E-state index is 12.0. The highest BCUT2D eigenvalue weighted by Crippen LogP contribution is 2.21. The average Bonchev–Trinajstić information content (AvgIpc) is 2.77. The molecule has 20 heavy (non-hydrogen) atoms. The number of rotatable bonds is 5. The molecule has 0 saturated carbocycles. The highest BCUT2D eigenvalue weighted by atomic mass is 16.3. The molecule has 2 N–H and O–H groups in total. The first-order valence-electron chi connectivity index (χ1n) is 7.66. The van der Waals surface area contributed by atoms with Gasteiger partial charge in [-0.25, -0.2) is 0 Å². The molecule has 1 amide bonds. The molecule has 1 aromatic heterocycles. The molecule has 1 saturated heterocycles. The zero-order valence-corrected chi connectivity index (χ0v) is 12.8. The van der Waals surface area contributed by atoms with Gasteiger partial charge in [-0.3, -0.25) is 4.79 Å². The van der Waals surface area contributed by atoms with Crippen LogP contribution in [0.3, 0.4) is 0 Å². The van der Waals surface area contributed by atoms with Crippen LogP contribution in [0.5, 0.6) is 0 Å². The first-order valence-corrected chi connectivity index (χ1v) is 7.66. The van der Waals surface area contributed by atoms with Gasteiger partial charge in [-0.15, -0.1) is 0 Å². The van der Waals surface area contributed by atoms with Gasteiger partial charge in [-0.1, -0.05) is 6.42 Å². The highest BCUT2D eigenvalue weighted by molar-refractivity contribution is 5.76. The molecule has 0 bridgehead atoms. The summed E-state index contributed by atoms with van der Waals surface area (Å²) in [5, 5.41) is 6.54. The third-order valence-electron chi connectivity index (χ3n) is 4.06. The highest BCUT2D eigenvalue weighted by Gasteiger charge is 2.17. The number of aryl methyl sites for hydroxylation is 2. The maximum atomic E-state index is 12.0. The summed E-state index contributed by atoms with van der Waals surface area (Å²) >= 11 is 0. The molecular weight excluding hydrogens is 252 g/mol. The fourth-order valence-electron chi connectivity index (χ4n) is 2.95. The van der Waals surface area contributed by atoms with E-state index in [1.54, 1.807) is 0 Å². The maximum Gasteiger partial charge on any atom is 0.220 e. The topological polar surface area (TPSA) is 54.3 Å². The van der Waals surface area contributed by atoms with Crippen molar-refractivity contribution in [3.8, 4) is 0 Å². The van der Waals surface area contributed by atoms with Crippen LogP contribution in [-0.4, -0.2) is 18.5 Å². The molecule has 2 atom stereocenters. The largest absolute Gasteiger partial charge is 0.466 e. The minimum absolute atomic E-state index is 0.0132. The third kappa shape index (κ3) is 4.10. The van der Waals surface area contributed by atoms with E-state index >= 15 is 0 Å². The van der Waals surface area contributed by atoms with Gasteiger partial charge < -0.3 is 15.1 Å². The monoisotopic (exact) mass is 278 g/mol. The fraction of sp³-hybridized carbons (Fsp3) is 0.688. The van der Waals surface area contributed by atoms with E-state index in [9.17, 15) is 4.79 Å². The number of hydrogen-bond donors (Lipinski definition) is 2. The number of piperidine rings is 1. The van der Waals surface area contributed by atoms with Crippen LogP contribution in [0.25, 0.3) is 0 Å². The second kappa shape index (κ2) is 6.93. The van der Waals surface area contributed by atoms with Gasteiger partial charge in [-0.05, 0) is 52.6 Å². The van der Waals surface area contributed by atoms with Crippen molar-refractivity contribution in [2.24, 2.45) is 0 Å². The predicted molar refractivity (Wildman–Crippen MR) is 79.6 cm³/mol. The van der Waals surface area contributed by atoms with Gasteiger partial charge in [0.1, 0.15) is 11.5 Å². The van der Waals surface area contributed by atoms with Gasteiger partial charge in [0.2, 0.25) is 5.91 Å². The molecule has 0 aliphatic carbocycles. The lowest BCUT2D eigenvalue weighted by atomic mass is 10.0. The molecule has 2 rings (SSSR count). The number of carbonyl (C=O) groups excluding carboxylic acids is 1. The van der Waals surface area contributed by atoms with Gasteiger partial charge in [0.25, 0.3) is 0 Å². The van der Waals surface area contributed by atoms with Crippen molar-refractivity contribution in [1.29, 1.82) is 0 Å². The molecule has 112 valence electrons. The Hall–Kier alpha value is -1.29. The first-order chi connectivity index (χ1) is 9.56. The van der Waals surface area contributed by atoms with E-state index in [-0.39, 0.29) is 11.9 Å². The van der Waals surface area contributed by atoms with Crippen LogP contribution in [0.15, 0.2) is 10.5 Å². The Labute approximate surface area is 121 Å². The van der Waals surface area contributed by atoms with Gasteiger partial charge in [0.15, 0.2) is 0 Å². The molecule has 1 aliphatic heterocycles. The summed E-state index contributed by atoms with van der Waals surface area (Å²) in [4.78, 5) is 12.0. The van der Waals surface area contributed by atoms with Crippen molar-refractivity contribution in [3.05, 3.63) is 23.2 Å². The number of hydrogen-bond acceptors (Lipinski definition) is 3. The summed E-state index contributed by atoms with van der Waals surface area (Å²) in [7, 11) is 0. The Morgan fingerprint density at radius 3 is 2.90 bits per heavy atom. The van der Waals surface area contributed by atoms with Crippen LogP contribution in [0.2, 0.25) is 0 Å². The van der Waals surface area contributed by atoms with Crippen molar-refractivity contribution in [2.45, 2.75) is 65.0 Å². The SMILES string of the molecule is Cc1cc(C(C)NC(=O)CCC2CCCCN2)c(C)o1. The van der Waals surface area contributed by atoms with Gasteiger partial charge in [0.05, 0.1) is 6.04 Å². The molecule has 0 aromatic carbocycles. The predicted octanol–water partition coefficient (Wildman–Crippen LogP) is 3.00. The molecule has 2 unspecified atom stereocenters. The van der Waals surface area contributed by atoms with E-state index < -0.39 is 0 Å². The quantitative estimate of drug-likeness (QED) is 0.870. The Kier molecular flexibility index (Phi) is 5.24. The molecule has 1 aliphatic rings. The fourth-order valence-corrected chi connectivity index (χ4v) is 2.95. The van der Waals surface area contributed by atoms with E-state index in [1.165, 1.54) is 19.3 Å². The molecule has 4 heteroatoms. The minimum atomic E-state index is 0.0132. The lowest BCUT2D eigenvalue weighted by molar-refractivity contribution is -0.122. The van der Waals surface area contributed by atoms with Gasteiger partial charge in [-0.2, -0.15) is 0 Å². The van der Waals surface area contributed by atoms with E-state index in [1.807, 2.05) is 26.8 Å². The van der Waals surface area contributed by atoms with Crippen LogP contribution in [-0.2, 0) is 4.79 Å². The number of furan rings is 1. The van der Waals surface area contributed by atoms with Crippen molar-refractivity contribution in [1.82, 2.24) is 10.6 Å². The number of carbonyl (C=O) groups is 1. The van der Waals surface area contributed by atoms with Crippen molar-refractivity contribution < 1.29 is 9.21 Å². The molecule has 0 spiro atoms. The van der Waals surface area contributed by atoms with E-state index in [2.05, 4.69) is 10.6 Å². The van der Waals surface area contributed by atoms with Crippen molar-refractivity contribution >= 4 is 5.91 Å². The Morgan fingerprint density at radius 2 is 2.30 bits per heavy atom. The van der Waals surface area contributed by atoms with Crippen LogP contribution in [0.4, 0.5) is 0 Å². The molecule has 1 aromatic rings. The second-order valence-corrected chi connectivity index (χ2v) is 5.84. The standard InChI is InChI=1S/C16H26N2O2/c1-11-10-15(13(3)20-11)12(2)18-16(19)8-7-14-6-4-5-9-17-14/h10,12,14,17H,4-9H2,1-3H3,(H,18,19). The lowest BCUT2D eigenvalue weighted by Crippen LogP contribution is -2.35. The van der Waals surface area contributed by atoms with Crippen LogP contribution >= 0.6 is 0 Å². The summed E-state index contributed by atoms with van der Waals surface area (Å²) < 4.78 is 5.51. The van der Waals surface area contributed by atoms with Crippen LogP contribution in [0.1, 0.15) is 62.2 Å². The molecule has 0 radical (unpaired) electrons. The van der Waals surface area contributed by atoms with Crippen LogP contribution in [0, 0.1) is 13.8 Å². The third-order valence-corrected chi connectivity index (χ3v) is 4.06. The zero-order chi connectivity index (χ0) is 14.5.